The molecule has 1 atom stereocenters. The van der Waals surface area contributed by atoms with Crippen LogP contribution in [0.25, 0.3) is 11.4 Å². The zero-order chi connectivity index (χ0) is 16.4. The van der Waals surface area contributed by atoms with Crippen molar-refractivity contribution < 1.29 is 9.84 Å². The van der Waals surface area contributed by atoms with Crippen LogP contribution in [-0.2, 0) is 0 Å². The molecule has 4 N–H and O–H groups in total. The van der Waals surface area contributed by atoms with Crippen LogP contribution in [-0.4, -0.2) is 27.4 Å². The van der Waals surface area contributed by atoms with Crippen LogP contribution in [0.2, 0.25) is 0 Å². The molecule has 0 radical (unpaired) electrons. The summed E-state index contributed by atoms with van der Waals surface area (Å²) >= 11 is 3.37. The summed E-state index contributed by atoms with van der Waals surface area (Å²) in [5, 5.41) is 16.9. The second-order valence-corrected chi connectivity index (χ2v) is 5.87. The molecule has 0 aliphatic heterocycles. The first-order valence-corrected chi connectivity index (χ1v) is 7.68. The highest BCUT2D eigenvalue weighted by atomic mass is 79.9. The molecule has 0 saturated heterocycles. The van der Waals surface area contributed by atoms with Gasteiger partial charge < -0.3 is 15.6 Å². The number of H-pyrrole nitrogens is 1. The Kier molecular flexibility index (Phi) is 4.31. The zero-order valence-corrected chi connectivity index (χ0v) is 13.9. The highest BCUT2D eigenvalue weighted by Crippen LogP contribution is 2.30. The average Bonchev–Trinajstić information content (AvgIpc) is 3.06. The van der Waals surface area contributed by atoms with Gasteiger partial charge in [-0.25, -0.2) is 4.98 Å². The third-order valence-corrected chi connectivity index (χ3v) is 3.96. The molecule has 0 aliphatic rings. The van der Waals surface area contributed by atoms with Gasteiger partial charge in [-0.2, -0.15) is 5.10 Å². The molecule has 23 heavy (non-hydrogen) atoms. The van der Waals surface area contributed by atoms with E-state index in [0.717, 1.165) is 15.8 Å². The molecule has 118 valence electrons. The lowest BCUT2D eigenvalue weighted by molar-refractivity contribution is 0.414. The summed E-state index contributed by atoms with van der Waals surface area (Å²) in [4.78, 5) is 4.40. The Labute approximate surface area is 141 Å². The van der Waals surface area contributed by atoms with Gasteiger partial charge in [-0.05, 0) is 35.9 Å². The van der Waals surface area contributed by atoms with Crippen molar-refractivity contribution >= 4 is 15.9 Å². The first-order chi connectivity index (χ1) is 11.1. The fourth-order valence-corrected chi connectivity index (χ4v) is 2.55. The second-order valence-electron chi connectivity index (χ2n) is 4.96. The average molecular weight is 375 g/mol. The van der Waals surface area contributed by atoms with E-state index in [9.17, 15) is 5.11 Å². The molecule has 0 unspecified atom stereocenters. The number of nitrogens with zero attached hydrogens (tertiary/aromatic N) is 2. The number of ether oxygens (including phenoxy) is 1. The smallest absolute Gasteiger partial charge is 0.184 e. The lowest BCUT2D eigenvalue weighted by Crippen LogP contribution is -2.13. The van der Waals surface area contributed by atoms with Crippen LogP contribution in [0.1, 0.15) is 17.4 Å². The molecule has 3 aromatic rings. The van der Waals surface area contributed by atoms with Gasteiger partial charge in [0.15, 0.2) is 5.82 Å². The lowest BCUT2D eigenvalue weighted by atomic mass is 10.1. The van der Waals surface area contributed by atoms with E-state index in [1.807, 2.05) is 24.3 Å². The number of hydrogen-bond donors (Lipinski definition) is 3. The molecule has 1 heterocycles. The van der Waals surface area contributed by atoms with E-state index in [1.54, 1.807) is 25.3 Å². The summed E-state index contributed by atoms with van der Waals surface area (Å²) in [5.74, 6) is 1.78. The van der Waals surface area contributed by atoms with Gasteiger partial charge >= 0.3 is 0 Å². The van der Waals surface area contributed by atoms with Crippen LogP contribution >= 0.6 is 15.9 Å². The summed E-state index contributed by atoms with van der Waals surface area (Å²) in [6.07, 6.45) is 0. The number of phenols is 1. The number of rotatable bonds is 4. The van der Waals surface area contributed by atoms with E-state index in [2.05, 4.69) is 31.1 Å². The van der Waals surface area contributed by atoms with Gasteiger partial charge in [-0.15, -0.1) is 0 Å². The van der Waals surface area contributed by atoms with E-state index in [-0.39, 0.29) is 5.75 Å². The molecular formula is C16H15BrN4O2. The van der Waals surface area contributed by atoms with Crippen LogP contribution in [0.5, 0.6) is 11.5 Å². The fraction of sp³-hybridized carbons (Fsp3) is 0.125. The third kappa shape index (κ3) is 3.20. The van der Waals surface area contributed by atoms with E-state index >= 15 is 0 Å². The molecule has 0 aliphatic carbocycles. The number of benzene rings is 2. The van der Waals surface area contributed by atoms with Crippen LogP contribution < -0.4 is 10.5 Å². The largest absolute Gasteiger partial charge is 0.507 e. The van der Waals surface area contributed by atoms with Crippen molar-refractivity contribution in [3.63, 3.8) is 0 Å². The number of phenolic OH excluding ortho intramolecular Hbond substituents is 1. The van der Waals surface area contributed by atoms with E-state index in [0.29, 0.717) is 17.2 Å². The van der Waals surface area contributed by atoms with Gasteiger partial charge in [-0.3, -0.25) is 5.10 Å². The van der Waals surface area contributed by atoms with Crippen LogP contribution in [0, 0.1) is 0 Å². The first-order valence-electron chi connectivity index (χ1n) is 6.89. The Bertz CT molecular complexity index is 817. The molecule has 7 heteroatoms. The number of aromatic amines is 1. The minimum Gasteiger partial charge on any atom is -0.507 e. The number of halogens is 1. The first kappa shape index (κ1) is 15.5. The quantitative estimate of drug-likeness (QED) is 0.651. The SMILES string of the molecule is COc1ccc([C@H](N)c2nc(-c3cc(Br)ccc3O)n[nH]2)cc1. The molecule has 3 rings (SSSR count). The Morgan fingerprint density at radius 1 is 1.22 bits per heavy atom. The van der Waals surface area contributed by atoms with Gasteiger partial charge in [0.2, 0.25) is 0 Å². The molecule has 0 bridgehead atoms. The minimum absolute atomic E-state index is 0.108. The molecule has 0 spiro atoms. The van der Waals surface area contributed by atoms with Gasteiger partial charge in [0, 0.05) is 4.47 Å². The van der Waals surface area contributed by atoms with E-state index < -0.39 is 6.04 Å². The number of methoxy groups -OCH3 is 1. The summed E-state index contributed by atoms with van der Waals surface area (Å²) in [7, 11) is 1.61. The number of aromatic nitrogens is 3. The maximum Gasteiger partial charge on any atom is 0.184 e. The molecule has 6 nitrogen and oxygen atoms in total. The number of aromatic hydroxyl groups is 1. The predicted octanol–water partition coefficient (Wildman–Crippen LogP) is 3.00. The van der Waals surface area contributed by atoms with Gasteiger partial charge in [-0.1, -0.05) is 28.1 Å². The van der Waals surface area contributed by atoms with Crippen LogP contribution in [0.15, 0.2) is 46.9 Å². The molecule has 0 fully saturated rings. The highest BCUT2D eigenvalue weighted by Gasteiger charge is 2.16. The molecular weight excluding hydrogens is 360 g/mol. The Balaban J connectivity index is 1.90. The number of hydrogen-bond acceptors (Lipinski definition) is 5. The van der Waals surface area contributed by atoms with Crippen molar-refractivity contribution in [3.05, 3.63) is 58.3 Å². The van der Waals surface area contributed by atoms with Crippen LogP contribution in [0.4, 0.5) is 0 Å². The maximum absolute atomic E-state index is 9.95. The van der Waals surface area contributed by atoms with E-state index in [4.69, 9.17) is 10.5 Å². The minimum atomic E-state index is -0.448. The topological polar surface area (TPSA) is 97.1 Å². The Morgan fingerprint density at radius 3 is 2.65 bits per heavy atom. The van der Waals surface area contributed by atoms with Crippen molar-refractivity contribution in [2.45, 2.75) is 6.04 Å². The number of nitrogens with one attached hydrogen (secondary N) is 1. The van der Waals surface area contributed by atoms with Crippen molar-refractivity contribution in [1.29, 1.82) is 0 Å². The van der Waals surface area contributed by atoms with Crippen molar-refractivity contribution in [2.75, 3.05) is 7.11 Å². The predicted molar refractivity (Wildman–Crippen MR) is 90.2 cm³/mol. The molecule has 0 amide bonds. The maximum atomic E-state index is 9.95. The van der Waals surface area contributed by atoms with Crippen molar-refractivity contribution in [1.82, 2.24) is 15.2 Å². The van der Waals surface area contributed by atoms with Crippen molar-refractivity contribution in [3.8, 4) is 22.9 Å². The van der Waals surface area contributed by atoms with Crippen molar-refractivity contribution in [2.24, 2.45) is 5.73 Å². The van der Waals surface area contributed by atoms with E-state index in [1.165, 1.54) is 0 Å². The highest BCUT2D eigenvalue weighted by molar-refractivity contribution is 9.10. The third-order valence-electron chi connectivity index (χ3n) is 3.47. The normalized spacial score (nSPS) is 12.1. The van der Waals surface area contributed by atoms with Gasteiger partial charge in [0.05, 0.1) is 18.7 Å². The van der Waals surface area contributed by atoms with Gasteiger partial charge in [0.1, 0.15) is 17.3 Å². The monoisotopic (exact) mass is 374 g/mol. The molecule has 1 aromatic heterocycles. The van der Waals surface area contributed by atoms with Crippen LogP contribution in [0.3, 0.4) is 0 Å². The van der Waals surface area contributed by atoms with Gasteiger partial charge in [0.25, 0.3) is 0 Å². The Hall–Kier alpha value is -2.38. The Morgan fingerprint density at radius 2 is 1.96 bits per heavy atom. The molecule has 2 aromatic carbocycles. The summed E-state index contributed by atoms with van der Waals surface area (Å²) in [6, 6.07) is 12.1. The summed E-state index contributed by atoms with van der Waals surface area (Å²) in [5.41, 5.74) is 7.63. The standard InChI is InChI=1S/C16H15BrN4O2/c1-23-11-5-2-9(3-6-11)14(18)16-19-15(20-21-16)12-8-10(17)4-7-13(12)22/h2-8,14,22H,18H2,1H3,(H,19,20,21)/t14-/m0/s1. The molecule has 0 saturated carbocycles. The fourth-order valence-electron chi connectivity index (χ4n) is 2.19. The number of nitrogens with two attached hydrogens (primary N) is 1. The zero-order valence-electron chi connectivity index (χ0n) is 12.3. The summed E-state index contributed by atoms with van der Waals surface area (Å²) in [6.45, 7) is 0. The summed E-state index contributed by atoms with van der Waals surface area (Å²) < 4.78 is 5.96. The second kappa shape index (κ2) is 6.39. The lowest BCUT2D eigenvalue weighted by Gasteiger charge is -2.09.